The van der Waals surface area contributed by atoms with Crippen molar-refractivity contribution in [3.63, 3.8) is 0 Å². The lowest BCUT2D eigenvalue weighted by Crippen LogP contribution is -2.33. The van der Waals surface area contributed by atoms with Crippen molar-refractivity contribution in [2.24, 2.45) is 0 Å². The lowest BCUT2D eigenvalue weighted by atomic mass is 10.3. The van der Waals surface area contributed by atoms with Crippen LogP contribution in [-0.4, -0.2) is 43.6 Å². The fraction of sp³-hybridized carbons (Fsp3) is 0.111. The van der Waals surface area contributed by atoms with E-state index in [1.54, 1.807) is 6.07 Å². The quantitative estimate of drug-likeness (QED) is 0.381. The van der Waals surface area contributed by atoms with Crippen molar-refractivity contribution in [2.45, 2.75) is 4.90 Å². The molecule has 0 fully saturated rings. The molecule has 3 aromatic rings. The van der Waals surface area contributed by atoms with Gasteiger partial charge in [0.1, 0.15) is 0 Å². The number of nitrogens with one attached hydrogen (secondary N) is 3. The zero-order valence-corrected chi connectivity index (χ0v) is 19.8. The molecular formula is C18H16BrN5O6S2. The summed E-state index contributed by atoms with van der Waals surface area (Å²) in [7, 11) is -1.23. The van der Waals surface area contributed by atoms with Crippen molar-refractivity contribution in [2.75, 3.05) is 24.3 Å². The van der Waals surface area contributed by atoms with Gasteiger partial charge in [-0.1, -0.05) is 0 Å². The molecule has 168 valence electrons. The van der Waals surface area contributed by atoms with Gasteiger partial charge in [-0.2, -0.15) is 9.97 Å². The smallest absolute Gasteiger partial charge is 0.321 e. The van der Waals surface area contributed by atoms with Gasteiger partial charge < -0.3 is 19.2 Å². The van der Waals surface area contributed by atoms with Gasteiger partial charge in [0.15, 0.2) is 21.4 Å². The summed E-state index contributed by atoms with van der Waals surface area (Å²) < 4.78 is 43.2. The maximum absolute atomic E-state index is 12.7. The number of methoxy groups -OCH3 is 2. The van der Waals surface area contributed by atoms with Crippen LogP contribution in [0.1, 0.15) is 10.6 Å². The van der Waals surface area contributed by atoms with E-state index in [4.69, 9.17) is 26.1 Å². The van der Waals surface area contributed by atoms with Crippen LogP contribution in [0.4, 0.5) is 11.5 Å². The average molecular weight is 542 g/mol. The van der Waals surface area contributed by atoms with Gasteiger partial charge in [0.05, 0.1) is 19.1 Å². The number of thiocarbonyl (C=S) groups is 1. The Bertz CT molecular complexity index is 1220. The molecule has 0 radical (unpaired) electrons. The maximum atomic E-state index is 12.7. The van der Waals surface area contributed by atoms with E-state index < -0.39 is 15.9 Å². The van der Waals surface area contributed by atoms with Crippen molar-refractivity contribution < 1.29 is 27.1 Å². The molecule has 0 aliphatic rings. The minimum Gasteiger partial charge on any atom is -0.481 e. The molecule has 14 heteroatoms. The molecule has 32 heavy (non-hydrogen) atoms. The molecule has 3 rings (SSSR count). The molecule has 3 N–H and O–H groups in total. The number of amides is 1. The summed E-state index contributed by atoms with van der Waals surface area (Å²) in [4.78, 5) is 19.8. The van der Waals surface area contributed by atoms with Crippen molar-refractivity contribution in [3.05, 3.63) is 52.9 Å². The van der Waals surface area contributed by atoms with Crippen molar-refractivity contribution in [1.29, 1.82) is 0 Å². The number of rotatable bonds is 7. The van der Waals surface area contributed by atoms with Crippen molar-refractivity contribution >= 4 is 60.7 Å². The molecule has 0 atom stereocenters. The van der Waals surface area contributed by atoms with Gasteiger partial charge in [-0.25, -0.2) is 8.42 Å². The van der Waals surface area contributed by atoms with Crippen LogP contribution in [0.5, 0.6) is 11.9 Å². The van der Waals surface area contributed by atoms with Crippen LogP contribution >= 0.6 is 28.1 Å². The van der Waals surface area contributed by atoms with Crippen LogP contribution in [0.25, 0.3) is 0 Å². The molecule has 1 aromatic carbocycles. The van der Waals surface area contributed by atoms with Crippen LogP contribution in [0.2, 0.25) is 0 Å². The standard InChI is InChI=1S/C18H16BrN5O6S2/c1-28-15-9-14(21-17(22-15)29-2)24-32(26,27)11-5-3-10(4-6-11)20-18(31)23-16(25)12-7-8-13(19)30-12/h3-9H,1-2H3,(H,21,22,24)(H2,20,23,25,31). The first-order chi connectivity index (χ1) is 15.2. The third kappa shape index (κ3) is 5.93. The summed E-state index contributed by atoms with van der Waals surface area (Å²) in [6.07, 6.45) is 0. The number of carbonyl (C=O) groups is 1. The zero-order valence-electron chi connectivity index (χ0n) is 16.6. The Morgan fingerprint density at radius 1 is 1.09 bits per heavy atom. The summed E-state index contributed by atoms with van der Waals surface area (Å²) in [5, 5.41) is 5.25. The Balaban J connectivity index is 1.66. The Morgan fingerprint density at radius 2 is 1.81 bits per heavy atom. The zero-order chi connectivity index (χ0) is 23.3. The Hall–Kier alpha value is -3.23. The highest BCUT2D eigenvalue weighted by atomic mass is 79.9. The molecule has 2 aromatic heterocycles. The van der Waals surface area contributed by atoms with E-state index in [0.29, 0.717) is 10.4 Å². The van der Waals surface area contributed by atoms with Crippen molar-refractivity contribution in [3.8, 4) is 11.9 Å². The van der Waals surface area contributed by atoms with Gasteiger partial charge in [0.2, 0.25) is 5.88 Å². The molecule has 0 spiro atoms. The highest BCUT2D eigenvalue weighted by Crippen LogP contribution is 2.21. The first-order valence-corrected chi connectivity index (χ1v) is 11.4. The second-order valence-electron chi connectivity index (χ2n) is 5.92. The monoisotopic (exact) mass is 541 g/mol. The largest absolute Gasteiger partial charge is 0.481 e. The molecule has 1 amide bonds. The molecule has 0 aliphatic carbocycles. The molecule has 11 nitrogen and oxygen atoms in total. The number of halogens is 1. The van der Waals surface area contributed by atoms with Gasteiger partial charge in [-0.15, -0.1) is 0 Å². The molecule has 0 bridgehead atoms. The van der Waals surface area contributed by atoms with Gasteiger partial charge in [-0.3, -0.25) is 14.8 Å². The maximum Gasteiger partial charge on any atom is 0.321 e. The average Bonchev–Trinajstić information content (AvgIpc) is 3.20. The van der Waals surface area contributed by atoms with E-state index in [9.17, 15) is 13.2 Å². The number of carbonyl (C=O) groups excluding carboxylic acids is 1. The van der Waals surface area contributed by atoms with Gasteiger partial charge in [-0.05, 0) is 64.5 Å². The lowest BCUT2D eigenvalue weighted by molar-refractivity contribution is 0.0949. The van der Waals surface area contributed by atoms with E-state index in [-0.39, 0.29) is 33.5 Å². The Labute approximate surface area is 196 Å². The molecular weight excluding hydrogens is 526 g/mol. The van der Waals surface area contributed by atoms with E-state index >= 15 is 0 Å². The summed E-state index contributed by atoms with van der Waals surface area (Å²) in [5.41, 5.74) is 0.459. The third-order valence-corrected chi connectivity index (χ3v) is 5.76. The second kappa shape index (κ2) is 9.93. The number of benzene rings is 1. The lowest BCUT2D eigenvalue weighted by Gasteiger charge is -2.11. The van der Waals surface area contributed by atoms with Gasteiger partial charge in [0.25, 0.3) is 15.9 Å². The van der Waals surface area contributed by atoms with Crippen molar-refractivity contribution in [1.82, 2.24) is 15.3 Å². The predicted molar refractivity (Wildman–Crippen MR) is 122 cm³/mol. The van der Waals surface area contributed by atoms with Crippen LogP contribution in [0.15, 0.2) is 56.4 Å². The highest BCUT2D eigenvalue weighted by Gasteiger charge is 2.17. The van der Waals surface area contributed by atoms with E-state index in [2.05, 4.69) is 41.3 Å². The second-order valence-corrected chi connectivity index (χ2v) is 8.80. The number of anilines is 2. The van der Waals surface area contributed by atoms with Crippen LogP contribution in [0.3, 0.4) is 0 Å². The van der Waals surface area contributed by atoms with Crippen LogP contribution in [-0.2, 0) is 10.0 Å². The number of hydrogen-bond acceptors (Lipinski definition) is 9. The van der Waals surface area contributed by atoms with E-state index in [1.807, 2.05) is 0 Å². The molecule has 2 heterocycles. The highest BCUT2D eigenvalue weighted by molar-refractivity contribution is 9.10. The summed E-state index contributed by atoms with van der Waals surface area (Å²) in [6.45, 7) is 0. The minimum atomic E-state index is -3.96. The number of furan rings is 1. The summed E-state index contributed by atoms with van der Waals surface area (Å²) in [6, 6.07) is 10.00. The summed E-state index contributed by atoms with van der Waals surface area (Å²) >= 11 is 8.20. The Morgan fingerprint density at radius 3 is 2.41 bits per heavy atom. The predicted octanol–water partition coefficient (Wildman–Crippen LogP) is 2.78. The van der Waals surface area contributed by atoms with Gasteiger partial charge >= 0.3 is 6.01 Å². The normalized spacial score (nSPS) is 10.8. The third-order valence-electron chi connectivity index (χ3n) is 3.76. The number of ether oxygens (including phenoxy) is 2. The Kier molecular flexibility index (Phi) is 7.27. The first kappa shape index (κ1) is 23.4. The first-order valence-electron chi connectivity index (χ1n) is 8.68. The molecule has 0 unspecified atom stereocenters. The number of hydrogen-bond donors (Lipinski definition) is 3. The number of sulfonamides is 1. The summed E-state index contributed by atoms with van der Waals surface area (Å²) in [5.74, 6) is -0.352. The number of aromatic nitrogens is 2. The number of nitrogens with zero attached hydrogens (tertiary/aromatic N) is 2. The fourth-order valence-electron chi connectivity index (χ4n) is 2.33. The minimum absolute atomic E-state index is 0.0106. The van der Waals surface area contributed by atoms with E-state index in [1.165, 1.54) is 50.6 Å². The molecule has 0 saturated heterocycles. The molecule has 0 aliphatic heterocycles. The fourth-order valence-corrected chi connectivity index (χ4v) is 3.84. The molecule has 0 saturated carbocycles. The van der Waals surface area contributed by atoms with E-state index in [0.717, 1.165) is 0 Å². The van der Waals surface area contributed by atoms with Gasteiger partial charge in [0, 0.05) is 11.8 Å². The van der Waals surface area contributed by atoms with Crippen LogP contribution < -0.4 is 24.8 Å². The van der Waals surface area contributed by atoms with Crippen LogP contribution in [0, 0.1) is 0 Å². The SMILES string of the molecule is COc1cc(NS(=O)(=O)c2ccc(NC(=S)NC(=O)c3ccc(Br)o3)cc2)nc(OC)n1. The topological polar surface area (TPSA) is 145 Å².